The van der Waals surface area contributed by atoms with Crippen LogP contribution in [0.1, 0.15) is 22.7 Å². The molecule has 1 aromatic carbocycles. The van der Waals surface area contributed by atoms with Crippen molar-refractivity contribution in [3.8, 4) is 17.6 Å². The van der Waals surface area contributed by atoms with Crippen LogP contribution in [0.3, 0.4) is 0 Å². The minimum atomic E-state index is 0.484. The molecule has 6 heteroatoms. The molecule has 0 radical (unpaired) electrons. The number of thiazole rings is 1. The summed E-state index contributed by atoms with van der Waals surface area (Å²) in [7, 11) is 0. The second-order valence-corrected chi connectivity index (χ2v) is 6.11. The number of nitrogens with zero attached hydrogens (tertiary/aromatic N) is 2. The van der Waals surface area contributed by atoms with Gasteiger partial charge < -0.3 is 9.47 Å². The van der Waals surface area contributed by atoms with Crippen LogP contribution in [-0.2, 0) is 0 Å². The number of aryl methyl sites for hydroxylation is 1. The van der Waals surface area contributed by atoms with Crippen molar-refractivity contribution in [2.75, 3.05) is 13.2 Å². The Morgan fingerprint density at radius 1 is 1.41 bits per heavy atom. The summed E-state index contributed by atoms with van der Waals surface area (Å²) >= 11 is 7.71. The fourth-order valence-electron chi connectivity index (χ4n) is 2.12. The zero-order valence-corrected chi connectivity index (χ0v) is 13.5. The summed E-state index contributed by atoms with van der Waals surface area (Å²) in [6, 6.07) is 5.79. The van der Waals surface area contributed by atoms with E-state index in [2.05, 4.69) is 11.1 Å². The first kappa shape index (κ1) is 14.9. The zero-order chi connectivity index (χ0) is 15.5. The monoisotopic (exact) mass is 332 g/mol. The molecule has 0 amide bonds. The van der Waals surface area contributed by atoms with E-state index in [0.717, 1.165) is 17.7 Å². The van der Waals surface area contributed by atoms with Crippen LogP contribution in [0.5, 0.6) is 11.5 Å². The van der Waals surface area contributed by atoms with E-state index < -0.39 is 0 Å². The van der Waals surface area contributed by atoms with Crippen LogP contribution in [0.4, 0.5) is 0 Å². The van der Waals surface area contributed by atoms with Crippen molar-refractivity contribution < 1.29 is 9.47 Å². The normalized spacial score (nSPS) is 14.3. The van der Waals surface area contributed by atoms with Crippen molar-refractivity contribution >= 4 is 34.6 Å². The van der Waals surface area contributed by atoms with Crippen molar-refractivity contribution in [3.63, 3.8) is 0 Å². The second-order valence-electron chi connectivity index (χ2n) is 4.84. The van der Waals surface area contributed by atoms with Gasteiger partial charge in [0.1, 0.15) is 11.1 Å². The summed E-state index contributed by atoms with van der Waals surface area (Å²) in [5.41, 5.74) is 2.19. The van der Waals surface area contributed by atoms with Crippen molar-refractivity contribution in [2.45, 2.75) is 13.3 Å². The number of fused-ring (bicyclic) bond motifs is 1. The molecule has 0 saturated carbocycles. The average molecular weight is 333 g/mol. The highest BCUT2D eigenvalue weighted by Gasteiger charge is 2.15. The maximum atomic E-state index is 9.36. The number of halogens is 1. The van der Waals surface area contributed by atoms with Gasteiger partial charge in [0.2, 0.25) is 0 Å². The lowest BCUT2D eigenvalue weighted by atomic mass is 10.1. The molecule has 0 unspecified atom stereocenters. The molecule has 0 bridgehead atoms. The number of hydrogen-bond acceptors (Lipinski definition) is 5. The Bertz CT molecular complexity index is 777. The SMILES string of the molecule is Cc1csc(/C(C#N)=C/c2cc(Cl)c3c(c2)OCCCO3)n1. The first-order valence-corrected chi connectivity index (χ1v) is 8.06. The maximum Gasteiger partial charge on any atom is 0.179 e. The lowest BCUT2D eigenvalue weighted by Gasteiger charge is -2.10. The van der Waals surface area contributed by atoms with Gasteiger partial charge in [-0.3, -0.25) is 0 Å². The van der Waals surface area contributed by atoms with E-state index in [1.165, 1.54) is 11.3 Å². The van der Waals surface area contributed by atoms with E-state index in [1.807, 2.05) is 18.4 Å². The smallest absolute Gasteiger partial charge is 0.179 e. The van der Waals surface area contributed by atoms with Crippen LogP contribution < -0.4 is 9.47 Å². The Balaban J connectivity index is 2.01. The second kappa shape index (κ2) is 6.39. The molecule has 4 nitrogen and oxygen atoms in total. The molecule has 1 aliphatic rings. The van der Waals surface area contributed by atoms with Gasteiger partial charge in [-0.15, -0.1) is 11.3 Å². The van der Waals surface area contributed by atoms with Gasteiger partial charge in [-0.25, -0.2) is 4.98 Å². The van der Waals surface area contributed by atoms with E-state index in [1.54, 1.807) is 12.1 Å². The highest BCUT2D eigenvalue weighted by atomic mass is 35.5. The number of aromatic nitrogens is 1. The Hall–Kier alpha value is -2.03. The van der Waals surface area contributed by atoms with Crippen LogP contribution in [-0.4, -0.2) is 18.2 Å². The molecule has 0 aliphatic carbocycles. The number of nitriles is 1. The predicted molar refractivity (Wildman–Crippen MR) is 87.4 cm³/mol. The Morgan fingerprint density at radius 3 is 2.95 bits per heavy atom. The summed E-state index contributed by atoms with van der Waals surface area (Å²) in [5, 5.41) is 12.5. The van der Waals surface area contributed by atoms with Gasteiger partial charge in [0.25, 0.3) is 0 Å². The van der Waals surface area contributed by atoms with Crippen LogP contribution in [0.25, 0.3) is 11.6 Å². The molecule has 0 saturated heterocycles. The van der Waals surface area contributed by atoms with Crippen LogP contribution >= 0.6 is 22.9 Å². The third-order valence-electron chi connectivity index (χ3n) is 3.11. The van der Waals surface area contributed by atoms with E-state index >= 15 is 0 Å². The standard InChI is InChI=1S/C16H13ClN2O2S/c1-10-9-22-16(19-10)12(8-18)5-11-6-13(17)15-14(7-11)20-3-2-4-21-15/h5-7,9H,2-4H2,1H3/b12-5+. The van der Waals surface area contributed by atoms with Gasteiger partial charge in [-0.1, -0.05) is 11.6 Å². The molecule has 112 valence electrons. The van der Waals surface area contributed by atoms with Crippen molar-refractivity contribution in [3.05, 3.63) is 38.8 Å². The first-order chi connectivity index (χ1) is 10.7. The van der Waals surface area contributed by atoms with Gasteiger partial charge in [0.15, 0.2) is 11.5 Å². The molecule has 1 aliphatic heterocycles. The lowest BCUT2D eigenvalue weighted by Crippen LogP contribution is -1.97. The fourth-order valence-corrected chi connectivity index (χ4v) is 3.16. The third kappa shape index (κ3) is 3.08. The number of benzene rings is 1. The molecule has 0 spiro atoms. The van der Waals surface area contributed by atoms with Crippen LogP contribution in [0, 0.1) is 18.3 Å². The average Bonchev–Trinajstić information content (AvgIpc) is 2.79. The fraction of sp³-hybridized carbons (Fsp3) is 0.250. The third-order valence-corrected chi connectivity index (χ3v) is 4.38. The number of allylic oxidation sites excluding steroid dienone is 1. The molecule has 3 rings (SSSR count). The van der Waals surface area contributed by atoms with Gasteiger partial charge in [0, 0.05) is 17.5 Å². The first-order valence-electron chi connectivity index (χ1n) is 6.81. The lowest BCUT2D eigenvalue weighted by molar-refractivity contribution is 0.297. The summed E-state index contributed by atoms with van der Waals surface area (Å²) in [6.45, 7) is 3.08. The van der Waals surface area contributed by atoms with Gasteiger partial charge >= 0.3 is 0 Å². The molecular formula is C16H13ClN2O2S. The van der Waals surface area contributed by atoms with Gasteiger partial charge in [0.05, 0.1) is 23.8 Å². The quantitative estimate of drug-likeness (QED) is 0.768. The molecule has 0 N–H and O–H groups in total. The molecule has 0 fully saturated rings. The van der Waals surface area contributed by atoms with Crippen LogP contribution in [0.15, 0.2) is 17.5 Å². The highest BCUT2D eigenvalue weighted by Crippen LogP contribution is 2.38. The molecule has 2 heterocycles. The molecular weight excluding hydrogens is 320 g/mol. The summed E-state index contributed by atoms with van der Waals surface area (Å²) in [5.74, 6) is 1.18. The Morgan fingerprint density at radius 2 is 2.23 bits per heavy atom. The Labute approximate surface area is 137 Å². The topological polar surface area (TPSA) is 55.1 Å². The van der Waals surface area contributed by atoms with Crippen LogP contribution in [0.2, 0.25) is 5.02 Å². The molecule has 2 aromatic rings. The van der Waals surface area contributed by atoms with E-state index in [0.29, 0.717) is 40.3 Å². The van der Waals surface area contributed by atoms with Gasteiger partial charge in [-0.05, 0) is 30.7 Å². The minimum Gasteiger partial charge on any atom is -0.489 e. The van der Waals surface area contributed by atoms with Crippen molar-refractivity contribution in [1.82, 2.24) is 4.98 Å². The van der Waals surface area contributed by atoms with E-state index in [-0.39, 0.29) is 0 Å². The van der Waals surface area contributed by atoms with Crippen molar-refractivity contribution in [1.29, 1.82) is 5.26 Å². The Kier molecular flexibility index (Phi) is 4.32. The summed E-state index contributed by atoms with van der Waals surface area (Å²) < 4.78 is 11.3. The van der Waals surface area contributed by atoms with E-state index in [4.69, 9.17) is 21.1 Å². The number of rotatable bonds is 2. The van der Waals surface area contributed by atoms with Crippen molar-refractivity contribution in [2.24, 2.45) is 0 Å². The molecule has 22 heavy (non-hydrogen) atoms. The summed E-state index contributed by atoms with van der Waals surface area (Å²) in [4.78, 5) is 4.34. The van der Waals surface area contributed by atoms with E-state index in [9.17, 15) is 5.26 Å². The number of hydrogen-bond donors (Lipinski definition) is 0. The van der Waals surface area contributed by atoms with Gasteiger partial charge in [-0.2, -0.15) is 5.26 Å². The molecule has 0 atom stereocenters. The molecule has 1 aromatic heterocycles. The minimum absolute atomic E-state index is 0.484. The highest BCUT2D eigenvalue weighted by molar-refractivity contribution is 7.11. The number of ether oxygens (including phenoxy) is 2. The predicted octanol–water partition coefficient (Wildman–Crippen LogP) is 4.33. The zero-order valence-electron chi connectivity index (χ0n) is 11.9. The maximum absolute atomic E-state index is 9.36. The largest absolute Gasteiger partial charge is 0.489 e. The summed E-state index contributed by atoms with van der Waals surface area (Å²) in [6.07, 6.45) is 2.58.